The summed E-state index contributed by atoms with van der Waals surface area (Å²) >= 11 is 0. The Bertz CT molecular complexity index is 995. The van der Waals surface area contributed by atoms with Crippen LogP contribution in [0.3, 0.4) is 0 Å². The highest BCUT2D eigenvalue weighted by molar-refractivity contribution is 5.42. The van der Waals surface area contributed by atoms with Gasteiger partial charge in [0.2, 0.25) is 0 Å². The molecule has 2 heterocycles. The number of nitrogens with zero attached hydrogens (tertiary/aromatic N) is 3. The van der Waals surface area contributed by atoms with Crippen molar-refractivity contribution in [1.82, 2.24) is 14.6 Å². The molecule has 0 saturated heterocycles. The van der Waals surface area contributed by atoms with Gasteiger partial charge in [0.1, 0.15) is 17.6 Å². The molecule has 1 aromatic heterocycles. The summed E-state index contributed by atoms with van der Waals surface area (Å²) < 4.78 is 8.39. The van der Waals surface area contributed by atoms with Gasteiger partial charge < -0.3 is 14.1 Å². The molecule has 1 atom stereocenters. The third-order valence-corrected chi connectivity index (χ3v) is 6.59. The first kappa shape index (κ1) is 20.1. The molecule has 0 amide bonds. The fraction of sp³-hybridized carbons (Fsp3) is 0.423. The summed E-state index contributed by atoms with van der Waals surface area (Å²) in [5.41, 5.74) is 3.64. The Morgan fingerprint density at radius 3 is 2.68 bits per heavy atom. The number of aromatic nitrogens is 2. The van der Waals surface area contributed by atoms with E-state index in [2.05, 4.69) is 51.0 Å². The Morgan fingerprint density at radius 1 is 1.06 bits per heavy atom. The Hall–Kier alpha value is -2.79. The van der Waals surface area contributed by atoms with Gasteiger partial charge in [-0.1, -0.05) is 49.6 Å². The fourth-order valence-electron chi connectivity index (χ4n) is 4.76. The predicted octanol–water partition coefficient (Wildman–Crippen LogP) is 5.62. The number of aryl methyl sites for hydroxylation is 2. The average Bonchev–Trinajstić information content (AvgIpc) is 3.23. The van der Waals surface area contributed by atoms with E-state index in [-0.39, 0.29) is 6.10 Å². The molecular formula is C26H31N3O2. The van der Waals surface area contributed by atoms with Gasteiger partial charge in [0.25, 0.3) is 0 Å². The summed E-state index contributed by atoms with van der Waals surface area (Å²) in [4.78, 5) is 10.8. The quantitative estimate of drug-likeness (QED) is 0.488. The van der Waals surface area contributed by atoms with E-state index in [0.717, 1.165) is 36.6 Å². The molecule has 0 radical (unpaired) electrons. The van der Waals surface area contributed by atoms with Crippen LogP contribution in [0.1, 0.15) is 61.4 Å². The molecule has 5 rings (SSSR count). The lowest BCUT2D eigenvalue weighted by molar-refractivity contribution is -0.114. The number of ether oxygens (including phenoxy) is 1. The first-order valence-electron chi connectivity index (χ1n) is 11.5. The van der Waals surface area contributed by atoms with Crippen LogP contribution >= 0.6 is 0 Å². The van der Waals surface area contributed by atoms with Gasteiger partial charge in [-0.3, -0.25) is 0 Å². The second-order valence-corrected chi connectivity index (χ2v) is 8.78. The fourth-order valence-corrected chi connectivity index (χ4v) is 4.76. The molecule has 5 nitrogen and oxygen atoms in total. The summed E-state index contributed by atoms with van der Waals surface area (Å²) in [7, 11) is 2.04. The number of hydrogen-bond acceptors (Lipinski definition) is 4. The highest BCUT2D eigenvalue weighted by atomic mass is 16.7. The Kier molecular flexibility index (Phi) is 5.94. The van der Waals surface area contributed by atoms with Crippen LogP contribution in [0.5, 0.6) is 11.5 Å². The van der Waals surface area contributed by atoms with Crippen molar-refractivity contribution in [3.63, 3.8) is 0 Å². The SMILES string of the molecule is Cn1cncc1CN(Oc1ccc2c(c1)CCC(c1ccccc1)O2)C1CCCCC1. The normalized spacial score (nSPS) is 19.1. The molecule has 0 bridgehead atoms. The number of imidazole rings is 1. The Balaban J connectivity index is 1.32. The minimum absolute atomic E-state index is 0.129. The summed E-state index contributed by atoms with van der Waals surface area (Å²) in [6.45, 7) is 0.741. The lowest BCUT2D eigenvalue weighted by Crippen LogP contribution is -2.39. The minimum atomic E-state index is 0.129. The molecule has 31 heavy (non-hydrogen) atoms. The van der Waals surface area contributed by atoms with Crippen LogP contribution in [-0.4, -0.2) is 20.7 Å². The van der Waals surface area contributed by atoms with E-state index in [0.29, 0.717) is 6.04 Å². The molecule has 1 fully saturated rings. The summed E-state index contributed by atoms with van der Waals surface area (Å²) in [6.07, 6.45) is 12.1. The summed E-state index contributed by atoms with van der Waals surface area (Å²) in [5, 5.41) is 2.17. The lowest BCUT2D eigenvalue weighted by atomic mass is 9.95. The van der Waals surface area contributed by atoms with Gasteiger partial charge in [-0.25, -0.2) is 4.98 Å². The van der Waals surface area contributed by atoms with Gasteiger partial charge in [0.05, 0.1) is 18.6 Å². The van der Waals surface area contributed by atoms with Gasteiger partial charge in [-0.15, -0.1) is 5.06 Å². The van der Waals surface area contributed by atoms with Crippen molar-refractivity contribution in [2.75, 3.05) is 0 Å². The van der Waals surface area contributed by atoms with Crippen LogP contribution in [0.15, 0.2) is 61.1 Å². The predicted molar refractivity (Wildman–Crippen MR) is 121 cm³/mol. The summed E-state index contributed by atoms with van der Waals surface area (Å²) in [5.74, 6) is 1.87. The van der Waals surface area contributed by atoms with Crippen molar-refractivity contribution in [2.45, 2.75) is 63.6 Å². The molecule has 162 valence electrons. The standard InChI is InChI=1S/C26H31N3O2/c1-28-19-27-17-23(28)18-29(22-10-6-3-7-11-22)31-24-13-15-26-21(16-24)12-14-25(30-26)20-8-4-2-5-9-20/h2,4-5,8-9,13,15-17,19,22,25H,3,6-7,10-12,14,18H2,1H3. The van der Waals surface area contributed by atoms with Gasteiger partial charge in [0.15, 0.2) is 0 Å². The molecule has 2 aromatic carbocycles. The molecule has 0 N–H and O–H groups in total. The maximum atomic E-state index is 6.50. The van der Waals surface area contributed by atoms with Crippen LogP contribution in [-0.2, 0) is 20.0 Å². The van der Waals surface area contributed by atoms with E-state index in [4.69, 9.17) is 9.57 Å². The van der Waals surface area contributed by atoms with Crippen LogP contribution < -0.4 is 9.57 Å². The van der Waals surface area contributed by atoms with Gasteiger partial charge in [-0.05, 0) is 55.0 Å². The van der Waals surface area contributed by atoms with Crippen LogP contribution in [0, 0.1) is 0 Å². The third-order valence-electron chi connectivity index (χ3n) is 6.59. The molecular weight excluding hydrogens is 386 g/mol. The molecule has 0 spiro atoms. The number of hydrogen-bond donors (Lipinski definition) is 0. The number of fused-ring (bicyclic) bond motifs is 1. The minimum Gasteiger partial charge on any atom is -0.485 e. The molecule has 1 unspecified atom stereocenters. The van der Waals surface area contributed by atoms with Crippen molar-refractivity contribution in [3.05, 3.63) is 77.9 Å². The molecule has 1 aliphatic carbocycles. The highest BCUT2D eigenvalue weighted by Gasteiger charge is 2.26. The maximum Gasteiger partial charge on any atom is 0.148 e. The van der Waals surface area contributed by atoms with E-state index < -0.39 is 0 Å². The van der Waals surface area contributed by atoms with Gasteiger partial charge in [-0.2, -0.15) is 0 Å². The van der Waals surface area contributed by atoms with E-state index in [9.17, 15) is 0 Å². The molecule has 3 aromatic rings. The van der Waals surface area contributed by atoms with E-state index in [1.807, 2.05) is 31.7 Å². The first-order valence-corrected chi connectivity index (χ1v) is 11.5. The van der Waals surface area contributed by atoms with Gasteiger partial charge >= 0.3 is 0 Å². The maximum absolute atomic E-state index is 6.50. The van der Waals surface area contributed by atoms with Crippen LogP contribution in [0.4, 0.5) is 0 Å². The third kappa shape index (κ3) is 4.62. The topological polar surface area (TPSA) is 39.5 Å². The smallest absolute Gasteiger partial charge is 0.148 e. The van der Waals surface area contributed by atoms with Crippen molar-refractivity contribution in [3.8, 4) is 11.5 Å². The van der Waals surface area contributed by atoms with Crippen molar-refractivity contribution < 1.29 is 9.57 Å². The zero-order valence-corrected chi connectivity index (χ0v) is 18.2. The van der Waals surface area contributed by atoms with Crippen LogP contribution in [0.2, 0.25) is 0 Å². The van der Waals surface area contributed by atoms with Gasteiger partial charge in [0, 0.05) is 19.3 Å². The number of hydroxylamine groups is 2. The van der Waals surface area contributed by atoms with E-state index in [1.165, 1.54) is 43.2 Å². The number of benzene rings is 2. The van der Waals surface area contributed by atoms with Crippen molar-refractivity contribution in [1.29, 1.82) is 0 Å². The second-order valence-electron chi connectivity index (χ2n) is 8.78. The first-order chi connectivity index (χ1) is 15.3. The molecule has 5 heteroatoms. The zero-order chi connectivity index (χ0) is 21.0. The number of rotatable bonds is 6. The molecule has 1 aliphatic heterocycles. The average molecular weight is 418 g/mol. The van der Waals surface area contributed by atoms with Crippen molar-refractivity contribution in [2.24, 2.45) is 7.05 Å². The largest absolute Gasteiger partial charge is 0.485 e. The van der Waals surface area contributed by atoms with E-state index in [1.54, 1.807) is 0 Å². The monoisotopic (exact) mass is 417 g/mol. The zero-order valence-electron chi connectivity index (χ0n) is 18.2. The molecule has 2 aliphatic rings. The van der Waals surface area contributed by atoms with Crippen molar-refractivity contribution >= 4 is 0 Å². The Morgan fingerprint density at radius 2 is 1.90 bits per heavy atom. The molecule has 1 saturated carbocycles. The van der Waals surface area contributed by atoms with E-state index >= 15 is 0 Å². The summed E-state index contributed by atoms with van der Waals surface area (Å²) in [6, 6.07) is 17.2. The second kappa shape index (κ2) is 9.15. The van der Waals surface area contributed by atoms with Crippen LogP contribution in [0.25, 0.3) is 0 Å². The highest BCUT2D eigenvalue weighted by Crippen LogP contribution is 2.37. The lowest BCUT2D eigenvalue weighted by Gasteiger charge is -2.34. The Labute approximate surface area is 184 Å².